The number of methoxy groups -OCH3 is 1. The Morgan fingerprint density at radius 2 is 1.94 bits per heavy atom. The van der Waals surface area contributed by atoms with E-state index in [9.17, 15) is 14.7 Å². The lowest BCUT2D eigenvalue weighted by Gasteiger charge is -2.28. The van der Waals surface area contributed by atoms with Crippen LogP contribution in [0.2, 0.25) is 0 Å². The monoisotopic (exact) mass is 440 g/mol. The Balaban J connectivity index is 1.65. The summed E-state index contributed by atoms with van der Waals surface area (Å²) in [6.07, 6.45) is 0.697. The van der Waals surface area contributed by atoms with Gasteiger partial charge in [-0.25, -0.2) is 0 Å². The number of aryl methyl sites for hydroxylation is 1. The second-order valence-corrected chi connectivity index (χ2v) is 7.98. The van der Waals surface area contributed by atoms with E-state index in [0.717, 1.165) is 19.6 Å². The standard InChI is InChI=1S/C24H28N2O6/c1-16-7-8-19(32-16)21-20(22(27)17-5-3-6-18(15-17)30-2)23(28)24(29)26(21)10-4-9-25-11-13-31-14-12-25/h3,5-8,15,21,27H,4,9-14H2,1-2H3/t21-/m0/s1. The maximum Gasteiger partial charge on any atom is 0.295 e. The molecule has 1 N–H and O–H groups in total. The molecule has 3 heterocycles. The fraction of sp³-hybridized carbons (Fsp3) is 0.417. The molecule has 4 rings (SSSR count). The third-order valence-corrected chi connectivity index (χ3v) is 5.89. The van der Waals surface area contributed by atoms with Crippen LogP contribution < -0.4 is 4.74 Å². The first kappa shape index (κ1) is 22.1. The van der Waals surface area contributed by atoms with Gasteiger partial charge in [-0.05, 0) is 37.6 Å². The van der Waals surface area contributed by atoms with Crippen LogP contribution in [0.25, 0.3) is 5.76 Å². The molecule has 0 radical (unpaired) electrons. The Kier molecular flexibility index (Phi) is 6.62. The lowest BCUT2D eigenvalue weighted by atomic mass is 9.99. The molecule has 32 heavy (non-hydrogen) atoms. The molecule has 2 aromatic rings. The van der Waals surface area contributed by atoms with Gasteiger partial charge in [-0.1, -0.05) is 12.1 Å². The molecule has 170 valence electrons. The summed E-state index contributed by atoms with van der Waals surface area (Å²) in [6.45, 7) is 6.10. The Bertz CT molecular complexity index is 1020. The largest absolute Gasteiger partial charge is 0.507 e. The van der Waals surface area contributed by atoms with Gasteiger partial charge < -0.3 is 23.9 Å². The van der Waals surface area contributed by atoms with E-state index in [1.807, 2.05) is 0 Å². The van der Waals surface area contributed by atoms with E-state index in [1.54, 1.807) is 43.3 Å². The Morgan fingerprint density at radius 1 is 1.16 bits per heavy atom. The van der Waals surface area contributed by atoms with Crippen molar-refractivity contribution in [3.05, 3.63) is 59.1 Å². The summed E-state index contributed by atoms with van der Waals surface area (Å²) in [5.74, 6) is 0.0835. The quantitative estimate of drug-likeness (QED) is 0.402. The van der Waals surface area contributed by atoms with E-state index in [4.69, 9.17) is 13.9 Å². The predicted octanol–water partition coefficient (Wildman–Crippen LogP) is 2.74. The van der Waals surface area contributed by atoms with Gasteiger partial charge in [-0.3, -0.25) is 14.5 Å². The predicted molar refractivity (Wildman–Crippen MR) is 117 cm³/mol. The lowest BCUT2D eigenvalue weighted by Crippen LogP contribution is -2.38. The number of likely N-dealkylation sites (tertiary alicyclic amines) is 1. The van der Waals surface area contributed by atoms with Crippen LogP contribution in [0.15, 0.2) is 46.4 Å². The van der Waals surface area contributed by atoms with Crippen molar-refractivity contribution in [2.45, 2.75) is 19.4 Å². The molecule has 8 heteroatoms. The highest BCUT2D eigenvalue weighted by Gasteiger charge is 2.47. The van der Waals surface area contributed by atoms with Crippen LogP contribution in [0.1, 0.15) is 29.5 Å². The first-order valence-corrected chi connectivity index (χ1v) is 10.8. The molecular weight excluding hydrogens is 412 g/mol. The van der Waals surface area contributed by atoms with Gasteiger partial charge >= 0.3 is 0 Å². The SMILES string of the molecule is COc1cccc(C(O)=C2C(=O)C(=O)N(CCCN3CCOCC3)[C@H]2c2ccc(C)o2)c1. The number of ether oxygens (including phenoxy) is 2. The molecule has 8 nitrogen and oxygen atoms in total. The van der Waals surface area contributed by atoms with Crippen molar-refractivity contribution in [3.8, 4) is 5.75 Å². The van der Waals surface area contributed by atoms with Crippen LogP contribution in [-0.4, -0.2) is 73.1 Å². The molecule has 2 aliphatic heterocycles. The number of benzene rings is 1. The van der Waals surface area contributed by atoms with E-state index in [1.165, 1.54) is 12.0 Å². The summed E-state index contributed by atoms with van der Waals surface area (Å²) in [4.78, 5) is 29.8. The van der Waals surface area contributed by atoms with Crippen molar-refractivity contribution in [3.63, 3.8) is 0 Å². The van der Waals surface area contributed by atoms with Gasteiger partial charge in [0.05, 0.1) is 25.9 Å². The first-order valence-electron chi connectivity index (χ1n) is 10.8. The van der Waals surface area contributed by atoms with Gasteiger partial charge in [0.2, 0.25) is 0 Å². The minimum absolute atomic E-state index is 0.0315. The van der Waals surface area contributed by atoms with Crippen LogP contribution in [-0.2, 0) is 14.3 Å². The molecule has 2 fully saturated rings. The summed E-state index contributed by atoms with van der Waals surface area (Å²) < 4.78 is 16.4. The summed E-state index contributed by atoms with van der Waals surface area (Å²) in [6, 6.07) is 9.53. The van der Waals surface area contributed by atoms with Crippen molar-refractivity contribution in [1.29, 1.82) is 0 Å². The highest BCUT2D eigenvalue weighted by atomic mass is 16.5. The maximum atomic E-state index is 13.0. The molecule has 0 spiro atoms. The number of carbonyl (C=O) groups is 2. The summed E-state index contributed by atoms with van der Waals surface area (Å²) in [7, 11) is 1.53. The van der Waals surface area contributed by atoms with Crippen LogP contribution in [0, 0.1) is 6.92 Å². The Morgan fingerprint density at radius 3 is 2.62 bits per heavy atom. The second-order valence-electron chi connectivity index (χ2n) is 7.98. The molecule has 1 atom stereocenters. The number of ketones is 1. The molecule has 1 aromatic heterocycles. The van der Waals surface area contributed by atoms with Crippen molar-refractivity contribution >= 4 is 17.4 Å². The fourth-order valence-electron chi connectivity index (χ4n) is 4.22. The van der Waals surface area contributed by atoms with E-state index >= 15 is 0 Å². The number of aliphatic hydroxyl groups excluding tert-OH is 1. The molecule has 0 bridgehead atoms. The third kappa shape index (κ3) is 4.42. The fourth-order valence-corrected chi connectivity index (χ4v) is 4.22. The number of morpholine rings is 1. The molecule has 0 unspecified atom stereocenters. The van der Waals surface area contributed by atoms with Crippen LogP contribution in [0.3, 0.4) is 0 Å². The number of aliphatic hydroxyl groups is 1. The van der Waals surface area contributed by atoms with Crippen molar-refractivity contribution < 1.29 is 28.6 Å². The number of amides is 1. The van der Waals surface area contributed by atoms with Crippen molar-refractivity contribution in [2.24, 2.45) is 0 Å². The molecule has 2 saturated heterocycles. The summed E-state index contributed by atoms with van der Waals surface area (Å²) in [5.41, 5.74) is 0.438. The van der Waals surface area contributed by atoms with Crippen molar-refractivity contribution in [2.75, 3.05) is 46.5 Å². The average Bonchev–Trinajstić information content (AvgIpc) is 3.35. The smallest absolute Gasteiger partial charge is 0.295 e. The highest BCUT2D eigenvalue weighted by molar-refractivity contribution is 6.46. The van der Waals surface area contributed by atoms with Gasteiger partial charge in [-0.2, -0.15) is 0 Å². The normalized spacial score (nSPS) is 21.3. The van der Waals surface area contributed by atoms with Gasteiger partial charge in [-0.15, -0.1) is 0 Å². The lowest BCUT2D eigenvalue weighted by molar-refractivity contribution is -0.140. The summed E-state index contributed by atoms with van der Waals surface area (Å²) >= 11 is 0. The molecule has 2 aliphatic rings. The number of nitrogens with zero attached hydrogens (tertiary/aromatic N) is 2. The zero-order valence-electron chi connectivity index (χ0n) is 18.4. The van der Waals surface area contributed by atoms with E-state index in [2.05, 4.69) is 4.90 Å². The zero-order valence-corrected chi connectivity index (χ0v) is 18.4. The Labute approximate surface area is 187 Å². The van der Waals surface area contributed by atoms with Gasteiger partial charge in [0.1, 0.15) is 29.1 Å². The molecule has 0 saturated carbocycles. The number of carbonyl (C=O) groups excluding carboxylic acids is 2. The number of Topliss-reactive ketones (excluding diaryl/α,β-unsaturated/α-hetero) is 1. The van der Waals surface area contributed by atoms with Crippen molar-refractivity contribution in [1.82, 2.24) is 9.80 Å². The highest BCUT2D eigenvalue weighted by Crippen LogP contribution is 2.40. The van der Waals surface area contributed by atoms with Gasteiger partial charge in [0, 0.05) is 31.7 Å². The summed E-state index contributed by atoms with van der Waals surface area (Å²) in [5, 5.41) is 11.1. The van der Waals surface area contributed by atoms with Crippen LogP contribution in [0.5, 0.6) is 5.75 Å². The number of hydrogen-bond acceptors (Lipinski definition) is 7. The number of hydrogen-bond donors (Lipinski definition) is 1. The molecule has 1 amide bonds. The topological polar surface area (TPSA) is 92.5 Å². The van der Waals surface area contributed by atoms with Crippen LogP contribution in [0.4, 0.5) is 0 Å². The molecular formula is C24H28N2O6. The molecule has 0 aliphatic carbocycles. The number of rotatable bonds is 7. The third-order valence-electron chi connectivity index (χ3n) is 5.89. The van der Waals surface area contributed by atoms with Crippen LogP contribution >= 0.6 is 0 Å². The second kappa shape index (κ2) is 9.58. The number of furan rings is 1. The molecule has 1 aromatic carbocycles. The van der Waals surface area contributed by atoms with Gasteiger partial charge in [0.25, 0.3) is 11.7 Å². The van der Waals surface area contributed by atoms with E-state index in [0.29, 0.717) is 49.0 Å². The average molecular weight is 440 g/mol. The maximum absolute atomic E-state index is 13.0. The van der Waals surface area contributed by atoms with Gasteiger partial charge in [0.15, 0.2) is 0 Å². The minimum Gasteiger partial charge on any atom is -0.507 e. The first-order chi connectivity index (χ1) is 15.5. The minimum atomic E-state index is -0.778. The Hall–Kier alpha value is -3.10. The zero-order chi connectivity index (χ0) is 22.7. The van der Waals surface area contributed by atoms with E-state index in [-0.39, 0.29) is 11.3 Å². The van der Waals surface area contributed by atoms with E-state index < -0.39 is 17.7 Å².